The molecule has 1 aromatic carbocycles. The topological polar surface area (TPSA) is 109 Å². The molecule has 0 atom stereocenters. The molecule has 0 aliphatic heterocycles. The fraction of sp³-hybridized carbons (Fsp3) is 0.188. The molecule has 0 bridgehead atoms. The lowest BCUT2D eigenvalue weighted by atomic mass is 10.0. The number of pyridine rings is 1. The average molecular weight is 330 g/mol. The molecule has 2 rings (SSSR count). The van der Waals surface area contributed by atoms with Crippen LogP contribution >= 0.6 is 0 Å². The molecule has 0 spiro atoms. The number of ether oxygens (including phenoxy) is 1. The Morgan fingerprint density at radius 1 is 1.25 bits per heavy atom. The van der Waals surface area contributed by atoms with Crippen molar-refractivity contribution >= 4 is 28.7 Å². The van der Waals surface area contributed by atoms with Crippen molar-refractivity contribution in [3.05, 3.63) is 57.8 Å². The lowest BCUT2D eigenvalue weighted by Gasteiger charge is -2.07. The number of carbonyl (C=O) groups is 2. The summed E-state index contributed by atoms with van der Waals surface area (Å²) in [6.07, 6.45) is 2.99. The van der Waals surface area contributed by atoms with Gasteiger partial charge < -0.3 is 9.57 Å². The second-order valence-electron chi connectivity index (χ2n) is 4.72. The number of rotatable bonds is 7. The number of Topliss-reactive ketones (excluding diaryl/α,β-unsaturated/α-hetero) is 1. The number of ketones is 1. The monoisotopic (exact) mass is 330 g/mol. The number of carbonyl (C=O) groups excluding carboxylic acids is 2. The number of para-hydroxylation sites is 1. The van der Waals surface area contributed by atoms with E-state index in [1.807, 2.05) is 24.3 Å². The summed E-state index contributed by atoms with van der Waals surface area (Å²) in [5, 5.41) is 9.82. The first-order valence-corrected chi connectivity index (χ1v) is 7.00. The average Bonchev–Trinajstić information content (AvgIpc) is 2.56. The van der Waals surface area contributed by atoms with Gasteiger partial charge in [0.1, 0.15) is 18.8 Å². The minimum Gasteiger partial charge on any atom is -0.460 e. The van der Waals surface area contributed by atoms with Gasteiger partial charge in [0.25, 0.3) is 5.09 Å². The smallest absolute Gasteiger partial charge is 0.341 e. The fourth-order valence-electron chi connectivity index (χ4n) is 2.03. The van der Waals surface area contributed by atoms with E-state index in [2.05, 4.69) is 9.82 Å². The summed E-state index contributed by atoms with van der Waals surface area (Å²) in [5.41, 5.74) is 1.21. The second kappa shape index (κ2) is 7.82. The molecule has 0 unspecified atom stereocenters. The Balaban J connectivity index is 2.23. The molecule has 24 heavy (non-hydrogen) atoms. The Morgan fingerprint density at radius 3 is 2.71 bits per heavy atom. The maximum Gasteiger partial charge on any atom is 0.341 e. The van der Waals surface area contributed by atoms with Crippen molar-refractivity contribution in [2.75, 3.05) is 13.2 Å². The first-order valence-electron chi connectivity index (χ1n) is 7.00. The number of nitrogens with zero attached hydrogens (tertiary/aromatic N) is 2. The molecule has 0 aliphatic rings. The third-order valence-corrected chi connectivity index (χ3v) is 3.10. The van der Waals surface area contributed by atoms with Crippen molar-refractivity contribution in [1.82, 2.24) is 4.98 Å². The summed E-state index contributed by atoms with van der Waals surface area (Å²) in [5.74, 6) is -1.34. The van der Waals surface area contributed by atoms with Crippen LogP contribution in [0.1, 0.15) is 12.5 Å². The predicted molar refractivity (Wildman–Crippen MR) is 84.3 cm³/mol. The largest absolute Gasteiger partial charge is 0.460 e. The zero-order valence-corrected chi connectivity index (χ0v) is 12.8. The number of hydrogen-bond donors (Lipinski definition) is 0. The lowest BCUT2D eigenvalue weighted by molar-refractivity contribution is -0.757. The summed E-state index contributed by atoms with van der Waals surface area (Å²) >= 11 is 0. The Bertz CT molecular complexity index is 810. The molecule has 1 aromatic heterocycles. The summed E-state index contributed by atoms with van der Waals surface area (Å²) < 4.78 is 4.83. The zero-order chi connectivity index (χ0) is 17.5. The van der Waals surface area contributed by atoms with Crippen molar-refractivity contribution in [3.63, 3.8) is 0 Å². The van der Waals surface area contributed by atoms with Gasteiger partial charge in [-0.25, -0.2) is 4.79 Å². The molecule has 8 heteroatoms. The van der Waals surface area contributed by atoms with Crippen LogP contribution in [-0.2, 0) is 19.2 Å². The van der Waals surface area contributed by atoms with Gasteiger partial charge in [-0.1, -0.05) is 18.2 Å². The van der Waals surface area contributed by atoms with Crippen molar-refractivity contribution in [1.29, 1.82) is 0 Å². The van der Waals surface area contributed by atoms with Crippen LogP contribution in [-0.4, -0.2) is 35.0 Å². The minimum absolute atomic E-state index is 0.160. The molecule has 0 saturated carbocycles. The molecule has 8 nitrogen and oxygen atoms in total. The molecule has 0 radical (unpaired) electrons. The Morgan fingerprint density at radius 2 is 2.00 bits per heavy atom. The van der Waals surface area contributed by atoms with E-state index in [-0.39, 0.29) is 12.2 Å². The summed E-state index contributed by atoms with van der Waals surface area (Å²) in [6.45, 7) is 0.508. The number of hydrogen-bond acceptors (Lipinski definition) is 7. The van der Waals surface area contributed by atoms with Crippen LogP contribution in [0.5, 0.6) is 0 Å². The van der Waals surface area contributed by atoms with E-state index < -0.39 is 23.4 Å². The highest BCUT2D eigenvalue weighted by Gasteiger charge is 2.17. The summed E-state index contributed by atoms with van der Waals surface area (Å²) in [4.78, 5) is 42.0. The van der Waals surface area contributed by atoms with Gasteiger partial charge in [-0.15, -0.1) is 10.1 Å². The third-order valence-electron chi connectivity index (χ3n) is 3.10. The molecular weight excluding hydrogens is 316 g/mol. The van der Waals surface area contributed by atoms with Crippen LogP contribution in [0.2, 0.25) is 0 Å². The maximum absolute atomic E-state index is 12.0. The third kappa shape index (κ3) is 4.35. The number of benzene rings is 1. The molecular formula is C16H14N2O6. The zero-order valence-electron chi connectivity index (χ0n) is 12.8. The molecule has 124 valence electrons. The predicted octanol–water partition coefficient (Wildman–Crippen LogP) is 1.96. The number of esters is 1. The lowest BCUT2D eigenvalue weighted by Crippen LogP contribution is -2.17. The van der Waals surface area contributed by atoms with Crippen molar-refractivity contribution in [2.24, 2.45) is 0 Å². The molecule has 0 aliphatic carbocycles. The van der Waals surface area contributed by atoms with E-state index in [0.29, 0.717) is 5.56 Å². The highest BCUT2D eigenvalue weighted by atomic mass is 17.0. The van der Waals surface area contributed by atoms with Crippen LogP contribution in [0.3, 0.4) is 0 Å². The first kappa shape index (κ1) is 17.1. The molecule has 1 heterocycles. The second-order valence-corrected chi connectivity index (χ2v) is 4.72. The van der Waals surface area contributed by atoms with E-state index in [1.165, 1.54) is 13.0 Å². The van der Waals surface area contributed by atoms with E-state index >= 15 is 0 Å². The molecule has 2 aromatic rings. The van der Waals surface area contributed by atoms with Gasteiger partial charge in [0.2, 0.25) is 0 Å². The van der Waals surface area contributed by atoms with Crippen LogP contribution in [0.25, 0.3) is 17.0 Å². The van der Waals surface area contributed by atoms with Gasteiger partial charge in [0, 0.05) is 11.6 Å². The van der Waals surface area contributed by atoms with Gasteiger partial charge in [0.15, 0.2) is 5.78 Å². The molecule has 0 fully saturated rings. The van der Waals surface area contributed by atoms with Crippen molar-refractivity contribution in [2.45, 2.75) is 6.92 Å². The van der Waals surface area contributed by atoms with E-state index in [4.69, 9.17) is 4.74 Å². The van der Waals surface area contributed by atoms with Crippen LogP contribution < -0.4 is 0 Å². The van der Waals surface area contributed by atoms with Crippen molar-refractivity contribution < 1.29 is 24.3 Å². The van der Waals surface area contributed by atoms with Gasteiger partial charge in [0.05, 0.1) is 5.52 Å². The highest BCUT2D eigenvalue weighted by molar-refractivity contribution is 6.20. The summed E-state index contributed by atoms with van der Waals surface area (Å²) in [6, 6.07) is 8.96. The number of fused-ring (bicyclic) bond motifs is 1. The van der Waals surface area contributed by atoms with Crippen LogP contribution in [0.15, 0.2) is 42.1 Å². The maximum atomic E-state index is 12.0. The normalized spacial score (nSPS) is 11.1. The quantitative estimate of drug-likeness (QED) is 0.145. The van der Waals surface area contributed by atoms with Gasteiger partial charge >= 0.3 is 5.97 Å². The first-order chi connectivity index (χ1) is 11.5. The Labute approximate surface area is 136 Å². The van der Waals surface area contributed by atoms with Gasteiger partial charge in [-0.2, -0.15) is 0 Å². The minimum atomic E-state index is -0.987. The standard InChI is InChI=1S/C16H14N2O6/c1-11(19)14(16(20)23-8-9-24-18(21)22)10-12-6-7-17-15-5-3-2-4-13(12)15/h2-7,10H,8-9H2,1H3. The fourth-order valence-corrected chi connectivity index (χ4v) is 2.03. The van der Waals surface area contributed by atoms with Crippen LogP contribution in [0.4, 0.5) is 0 Å². The van der Waals surface area contributed by atoms with Gasteiger partial charge in [-0.05, 0) is 30.7 Å². The Hall–Kier alpha value is -3.29. The van der Waals surface area contributed by atoms with E-state index in [0.717, 1.165) is 10.9 Å². The Kier molecular flexibility index (Phi) is 5.56. The molecule has 0 saturated heterocycles. The van der Waals surface area contributed by atoms with E-state index in [9.17, 15) is 19.7 Å². The van der Waals surface area contributed by atoms with Crippen LogP contribution in [0, 0.1) is 10.1 Å². The molecule has 0 amide bonds. The summed E-state index contributed by atoms with van der Waals surface area (Å²) in [7, 11) is 0. The molecule has 0 N–H and O–H groups in total. The van der Waals surface area contributed by atoms with E-state index in [1.54, 1.807) is 12.3 Å². The number of aromatic nitrogens is 1. The van der Waals surface area contributed by atoms with Crippen molar-refractivity contribution in [3.8, 4) is 0 Å². The van der Waals surface area contributed by atoms with Gasteiger partial charge in [-0.3, -0.25) is 9.78 Å². The highest BCUT2D eigenvalue weighted by Crippen LogP contribution is 2.19. The SMILES string of the molecule is CC(=O)C(=Cc1ccnc2ccccc12)C(=O)OCCO[N+](=O)[O-].